The van der Waals surface area contributed by atoms with E-state index in [1.54, 1.807) is 12.1 Å². The molecule has 3 rings (SSSR count). The Morgan fingerprint density at radius 2 is 1.76 bits per heavy atom. The Kier molecular flexibility index (Phi) is 4.32. The lowest BCUT2D eigenvalue weighted by molar-refractivity contribution is 0.0719. The standard InChI is InChI=1S/C18H19FO2/c19-16-8-6-13(7-9-16)10-15-12-21-18(17(15)11-20)14-4-2-1-3-5-14/h1-9,15,17-18,20H,10-12H2/t15-,17-,18+/m0/s1. The summed E-state index contributed by atoms with van der Waals surface area (Å²) in [6, 6.07) is 16.6. The van der Waals surface area contributed by atoms with Crippen LogP contribution in [0.1, 0.15) is 17.2 Å². The van der Waals surface area contributed by atoms with Crippen LogP contribution in [0.15, 0.2) is 54.6 Å². The van der Waals surface area contributed by atoms with E-state index < -0.39 is 0 Å². The van der Waals surface area contributed by atoms with Gasteiger partial charge in [-0.05, 0) is 35.6 Å². The molecule has 1 heterocycles. The van der Waals surface area contributed by atoms with Crippen LogP contribution in [0.5, 0.6) is 0 Å². The van der Waals surface area contributed by atoms with Crippen molar-refractivity contribution in [1.82, 2.24) is 0 Å². The molecule has 3 heteroatoms. The molecule has 21 heavy (non-hydrogen) atoms. The van der Waals surface area contributed by atoms with Crippen LogP contribution < -0.4 is 0 Å². The van der Waals surface area contributed by atoms with E-state index in [4.69, 9.17) is 4.74 Å². The molecule has 0 aliphatic carbocycles. The van der Waals surface area contributed by atoms with E-state index in [0.717, 1.165) is 17.5 Å². The van der Waals surface area contributed by atoms with Gasteiger partial charge in [0.25, 0.3) is 0 Å². The Morgan fingerprint density at radius 3 is 2.43 bits per heavy atom. The summed E-state index contributed by atoms with van der Waals surface area (Å²) in [6.07, 6.45) is 0.746. The molecule has 0 saturated carbocycles. The number of aliphatic hydroxyl groups is 1. The van der Waals surface area contributed by atoms with Crippen molar-refractivity contribution in [2.75, 3.05) is 13.2 Å². The average Bonchev–Trinajstić information content (AvgIpc) is 2.93. The zero-order valence-electron chi connectivity index (χ0n) is 11.8. The van der Waals surface area contributed by atoms with Gasteiger partial charge in [0.05, 0.1) is 12.7 Å². The minimum atomic E-state index is -0.220. The minimum Gasteiger partial charge on any atom is -0.396 e. The Bertz CT molecular complexity index is 568. The van der Waals surface area contributed by atoms with Crippen LogP contribution in [0.25, 0.3) is 0 Å². The Balaban J connectivity index is 1.74. The highest BCUT2D eigenvalue weighted by Crippen LogP contribution is 2.39. The van der Waals surface area contributed by atoms with Gasteiger partial charge in [-0.3, -0.25) is 0 Å². The average molecular weight is 286 g/mol. The maximum Gasteiger partial charge on any atom is 0.123 e. The Morgan fingerprint density at radius 1 is 1.05 bits per heavy atom. The molecule has 1 saturated heterocycles. The molecule has 110 valence electrons. The van der Waals surface area contributed by atoms with E-state index in [1.165, 1.54) is 12.1 Å². The number of hydrogen-bond donors (Lipinski definition) is 1. The predicted octanol–water partition coefficient (Wildman–Crippen LogP) is 3.36. The van der Waals surface area contributed by atoms with E-state index in [-0.39, 0.29) is 30.4 Å². The summed E-state index contributed by atoms with van der Waals surface area (Å²) in [5, 5.41) is 9.75. The van der Waals surface area contributed by atoms with Crippen LogP contribution in [0, 0.1) is 17.7 Å². The quantitative estimate of drug-likeness (QED) is 0.934. The molecule has 0 unspecified atom stereocenters. The number of rotatable bonds is 4. The maximum absolute atomic E-state index is 13.0. The molecule has 2 aromatic carbocycles. The van der Waals surface area contributed by atoms with Crippen molar-refractivity contribution in [2.45, 2.75) is 12.5 Å². The van der Waals surface area contributed by atoms with Crippen molar-refractivity contribution in [2.24, 2.45) is 11.8 Å². The molecular formula is C18H19FO2. The fourth-order valence-electron chi connectivity index (χ4n) is 3.09. The molecule has 1 N–H and O–H groups in total. The number of halogens is 1. The maximum atomic E-state index is 13.0. The lowest BCUT2D eigenvalue weighted by Gasteiger charge is -2.21. The van der Waals surface area contributed by atoms with Gasteiger partial charge in [0, 0.05) is 12.5 Å². The number of benzene rings is 2. The van der Waals surface area contributed by atoms with Gasteiger partial charge < -0.3 is 9.84 Å². The van der Waals surface area contributed by atoms with Crippen molar-refractivity contribution in [3.63, 3.8) is 0 Å². The summed E-state index contributed by atoms with van der Waals surface area (Å²) >= 11 is 0. The summed E-state index contributed by atoms with van der Waals surface area (Å²) < 4.78 is 18.9. The second-order valence-corrected chi connectivity index (χ2v) is 5.60. The van der Waals surface area contributed by atoms with Crippen molar-refractivity contribution < 1.29 is 14.2 Å². The van der Waals surface area contributed by atoms with E-state index in [9.17, 15) is 9.50 Å². The number of ether oxygens (including phenoxy) is 1. The summed E-state index contributed by atoms with van der Waals surface area (Å²) in [7, 11) is 0. The zero-order chi connectivity index (χ0) is 14.7. The highest BCUT2D eigenvalue weighted by molar-refractivity contribution is 5.21. The molecule has 0 bridgehead atoms. The van der Waals surface area contributed by atoms with Crippen molar-refractivity contribution in [3.05, 3.63) is 71.5 Å². The number of hydrogen-bond acceptors (Lipinski definition) is 2. The molecular weight excluding hydrogens is 267 g/mol. The monoisotopic (exact) mass is 286 g/mol. The zero-order valence-corrected chi connectivity index (χ0v) is 11.8. The molecule has 0 spiro atoms. The molecule has 1 fully saturated rings. The Labute approximate surface area is 124 Å². The van der Waals surface area contributed by atoms with Gasteiger partial charge in [-0.1, -0.05) is 42.5 Å². The van der Waals surface area contributed by atoms with Gasteiger partial charge in [0.1, 0.15) is 5.82 Å². The first-order valence-corrected chi connectivity index (χ1v) is 7.30. The third kappa shape index (κ3) is 3.14. The summed E-state index contributed by atoms with van der Waals surface area (Å²) in [5.41, 5.74) is 2.19. The fraction of sp³-hybridized carbons (Fsp3) is 0.333. The molecule has 0 aromatic heterocycles. The first-order chi connectivity index (χ1) is 10.3. The van der Waals surface area contributed by atoms with Crippen LogP contribution in [0.2, 0.25) is 0 Å². The van der Waals surface area contributed by atoms with Gasteiger partial charge in [-0.25, -0.2) is 4.39 Å². The van der Waals surface area contributed by atoms with E-state index >= 15 is 0 Å². The van der Waals surface area contributed by atoms with Gasteiger partial charge in [0.2, 0.25) is 0 Å². The lowest BCUT2D eigenvalue weighted by atomic mass is 9.84. The second-order valence-electron chi connectivity index (χ2n) is 5.60. The largest absolute Gasteiger partial charge is 0.396 e. The highest BCUT2D eigenvalue weighted by Gasteiger charge is 2.37. The second kappa shape index (κ2) is 6.37. The summed E-state index contributed by atoms with van der Waals surface area (Å²) in [6.45, 7) is 0.730. The topological polar surface area (TPSA) is 29.5 Å². The van der Waals surface area contributed by atoms with Crippen molar-refractivity contribution in [1.29, 1.82) is 0 Å². The first-order valence-electron chi connectivity index (χ1n) is 7.30. The van der Waals surface area contributed by atoms with Gasteiger partial charge >= 0.3 is 0 Å². The van der Waals surface area contributed by atoms with E-state index in [0.29, 0.717) is 6.61 Å². The highest BCUT2D eigenvalue weighted by atomic mass is 19.1. The Hall–Kier alpha value is -1.71. The van der Waals surface area contributed by atoms with Crippen LogP contribution in [-0.4, -0.2) is 18.3 Å². The summed E-state index contributed by atoms with van der Waals surface area (Å²) in [4.78, 5) is 0. The molecule has 0 radical (unpaired) electrons. The van der Waals surface area contributed by atoms with Crippen molar-refractivity contribution in [3.8, 4) is 0 Å². The molecule has 3 atom stereocenters. The third-order valence-electron chi connectivity index (χ3n) is 4.23. The SMILES string of the molecule is OC[C@H]1[C@@H](Cc2ccc(F)cc2)CO[C@@H]1c1ccccc1. The normalized spacial score (nSPS) is 25.1. The molecule has 0 amide bonds. The minimum absolute atomic E-state index is 0.0540. The van der Waals surface area contributed by atoms with Crippen LogP contribution in [0.4, 0.5) is 4.39 Å². The van der Waals surface area contributed by atoms with Crippen LogP contribution >= 0.6 is 0 Å². The third-order valence-corrected chi connectivity index (χ3v) is 4.23. The molecule has 1 aliphatic heterocycles. The number of aliphatic hydroxyl groups excluding tert-OH is 1. The van der Waals surface area contributed by atoms with Crippen LogP contribution in [0.3, 0.4) is 0 Å². The summed E-state index contributed by atoms with van der Waals surface area (Å²) in [5.74, 6) is 0.116. The molecule has 2 nitrogen and oxygen atoms in total. The van der Waals surface area contributed by atoms with E-state index in [2.05, 4.69) is 0 Å². The van der Waals surface area contributed by atoms with Gasteiger partial charge in [-0.2, -0.15) is 0 Å². The molecule has 1 aliphatic rings. The van der Waals surface area contributed by atoms with Crippen LogP contribution in [-0.2, 0) is 11.2 Å². The van der Waals surface area contributed by atoms with Gasteiger partial charge in [0.15, 0.2) is 0 Å². The molecule has 2 aromatic rings. The lowest BCUT2D eigenvalue weighted by Crippen LogP contribution is -2.21. The smallest absolute Gasteiger partial charge is 0.123 e. The van der Waals surface area contributed by atoms with Gasteiger partial charge in [-0.15, -0.1) is 0 Å². The predicted molar refractivity (Wildman–Crippen MR) is 79.3 cm³/mol. The fourth-order valence-corrected chi connectivity index (χ4v) is 3.09. The first kappa shape index (κ1) is 14.2. The van der Waals surface area contributed by atoms with Crippen molar-refractivity contribution >= 4 is 0 Å². The van der Waals surface area contributed by atoms with E-state index in [1.807, 2.05) is 30.3 Å².